The molecule has 4 N–H and O–H groups in total. The highest BCUT2D eigenvalue weighted by Crippen LogP contribution is 2.40. The molecule has 9 nitrogen and oxygen atoms in total. The number of ether oxygens (including phenoxy) is 1. The summed E-state index contributed by atoms with van der Waals surface area (Å²) in [5, 5.41) is 30.1. The lowest BCUT2D eigenvalue weighted by molar-refractivity contribution is 0.0929. The van der Waals surface area contributed by atoms with Crippen LogP contribution in [0, 0.1) is 0 Å². The number of unbranched alkanes of at least 4 members (excludes halogenated alkanes) is 2. The van der Waals surface area contributed by atoms with Gasteiger partial charge in [-0.25, -0.2) is 0 Å². The van der Waals surface area contributed by atoms with Crippen molar-refractivity contribution in [2.45, 2.75) is 58.4 Å². The predicted molar refractivity (Wildman–Crippen MR) is 132 cm³/mol. The number of tetrazole rings is 1. The van der Waals surface area contributed by atoms with Crippen molar-refractivity contribution >= 4 is 40.7 Å². The lowest BCUT2D eigenvalue weighted by Crippen LogP contribution is -2.34. The summed E-state index contributed by atoms with van der Waals surface area (Å²) in [6.07, 6.45) is 6.02. The Morgan fingerprint density at radius 1 is 1.12 bits per heavy atom. The molecular weight excluding hydrogens is 479 g/mol. The average Bonchev–Trinajstić information content (AvgIpc) is 3.30. The minimum Gasteiger partial charge on any atom is -0.507 e. The topological polar surface area (TPSA) is 125 Å². The molecule has 0 radical (unpaired) electrons. The Kier molecular flexibility index (Phi) is 9.35. The minimum atomic E-state index is -0.352. The molecule has 0 saturated heterocycles. The van der Waals surface area contributed by atoms with Crippen LogP contribution in [0.5, 0.6) is 17.2 Å². The second-order valence-electron chi connectivity index (χ2n) is 7.87. The number of carbonyl (C=O) groups is 1. The number of hydrogen-bond acceptors (Lipinski definition) is 7. The number of aromatic hydroxyl groups is 1. The third-order valence-electron chi connectivity index (χ3n) is 5.16. The fraction of sp³-hybridized carbons (Fsp3) is 0.391. The molecule has 182 valence electrons. The van der Waals surface area contributed by atoms with Crippen molar-refractivity contribution in [3.8, 4) is 17.2 Å². The summed E-state index contributed by atoms with van der Waals surface area (Å²) in [4.78, 5) is 12.9. The number of hydrogen-bond donors (Lipinski definition) is 4. The van der Waals surface area contributed by atoms with Gasteiger partial charge in [-0.05, 0) is 48.4 Å². The van der Waals surface area contributed by atoms with Crippen LogP contribution in [0.1, 0.15) is 62.7 Å². The van der Waals surface area contributed by atoms with Gasteiger partial charge < -0.3 is 20.5 Å². The maximum absolute atomic E-state index is 12.9. The van der Waals surface area contributed by atoms with Crippen molar-refractivity contribution in [3.63, 3.8) is 0 Å². The highest BCUT2D eigenvalue weighted by atomic mass is 35.5. The second kappa shape index (κ2) is 12.4. The van der Waals surface area contributed by atoms with E-state index in [2.05, 4.69) is 45.1 Å². The predicted octanol–water partition coefficient (Wildman–Crippen LogP) is 6.23. The molecule has 0 fully saturated rings. The first kappa shape index (κ1) is 25.6. The molecule has 1 atom stereocenters. The first-order chi connectivity index (χ1) is 16.4. The zero-order valence-corrected chi connectivity index (χ0v) is 20.6. The van der Waals surface area contributed by atoms with E-state index in [-0.39, 0.29) is 45.0 Å². The number of aromatic nitrogens is 4. The fourth-order valence-corrected chi connectivity index (χ4v) is 4.06. The Labute approximate surface area is 208 Å². The van der Waals surface area contributed by atoms with Crippen LogP contribution in [0.4, 0.5) is 11.6 Å². The van der Waals surface area contributed by atoms with Gasteiger partial charge in [-0.3, -0.25) is 4.79 Å². The van der Waals surface area contributed by atoms with Gasteiger partial charge in [-0.15, -0.1) is 5.10 Å². The van der Waals surface area contributed by atoms with Gasteiger partial charge in [0.1, 0.15) is 11.5 Å². The number of anilines is 2. The monoisotopic (exact) mass is 506 g/mol. The summed E-state index contributed by atoms with van der Waals surface area (Å²) >= 11 is 12.8. The van der Waals surface area contributed by atoms with Crippen LogP contribution in [0.25, 0.3) is 0 Å². The molecule has 0 spiro atoms. The highest BCUT2D eigenvalue weighted by Gasteiger charge is 2.18. The molecule has 3 aromatic rings. The van der Waals surface area contributed by atoms with Crippen molar-refractivity contribution in [2.24, 2.45) is 0 Å². The number of H-pyrrole nitrogens is 1. The van der Waals surface area contributed by atoms with Gasteiger partial charge in [-0.1, -0.05) is 67.8 Å². The van der Waals surface area contributed by atoms with Crippen LogP contribution >= 0.6 is 23.2 Å². The summed E-state index contributed by atoms with van der Waals surface area (Å²) < 4.78 is 5.88. The van der Waals surface area contributed by atoms with Gasteiger partial charge in [0.05, 0.1) is 15.6 Å². The number of rotatable bonds is 12. The molecule has 1 amide bonds. The molecule has 34 heavy (non-hydrogen) atoms. The van der Waals surface area contributed by atoms with E-state index in [9.17, 15) is 9.90 Å². The minimum absolute atomic E-state index is 0.0520. The number of carbonyl (C=O) groups excluding carboxylic acids is 1. The van der Waals surface area contributed by atoms with E-state index in [1.54, 1.807) is 12.1 Å². The van der Waals surface area contributed by atoms with E-state index in [4.69, 9.17) is 27.9 Å². The van der Waals surface area contributed by atoms with E-state index < -0.39 is 0 Å². The molecule has 0 saturated carbocycles. The van der Waals surface area contributed by atoms with Crippen LogP contribution in [0.15, 0.2) is 30.3 Å². The van der Waals surface area contributed by atoms with Crippen LogP contribution < -0.4 is 15.4 Å². The summed E-state index contributed by atoms with van der Waals surface area (Å²) in [5.74, 6) is 0.289. The van der Waals surface area contributed by atoms with Gasteiger partial charge in [-0.2, -0.15) is 5.21 Å². The van der Waals surface area contributed by atoms with Crippen LogP contribution in [-0.2, 0) is 0 Å². The Morgan fingerprint density at radius 3 is 2.53 bits per heavy atom. The smallest absolute Gasteiger partial charge is 0.267 e. The normalized spacial score (nSPS) is 11.8. The van der Waals surface area contributed by atoms with Gasteiger partial charge in [0.2, 0.25) is 0 Å². The molecule has 11 heteroatoms. The molecule has 0 bridgehead atoms. The van der Waals surface area contributed by atoms with Gasteiger partial charge in [0.25, 0.3) is 11.9 Å². The Balaban J connectivity index is 1.74. The van der Waals surface area contributed by atoms with Gasteiger partial charge >= 0.3 is 0 Å². The number of amides is 1. The highest BCUT2D eigenvalue weighted by molar-refractivity contribution is 6.37. The maximum Gasteiger partial charge on any atom is 0.267 e. The average molecular weight is 507 g/mol. The second-order valence-corrected chi connectivity index (χ2v) is 8.68. The van der Waals surface area contributed by atoms with Crippen molar-refractivity contribution in [2.75, 3.05) is 5.32 Å². The quantitative estimate of drug-likeness (QED) is 0.214. The molecule has 3 rings (SSSR count). The SMILES string of the molecule is CCCCCC(CCC)NC(=O)c1cc(Oc2c(Cl)cc(Nc3nn[nH]n3)cc2Cl)ccc1O. The van der Waals surface area contributed by atoms with E-state index >= 15 is 0 Å². The third-order valence-corrected chi connectivity index (χ3v) is 5.72. The first-order valence-corrected chi connectivity index (χ1v) is 12.0. The Bertz CT molecular complexity index is 1070. The number of benzene rings is 2. The fourth-order valence-electron chi connectivity index (χ4n) is 3.49. The lowest BCUT2D eigenvalue weighted by Gasteiger charge is -2.19. The summed E-state index contributed by atoms with van der Waals surface area (Å²) in [5.41, 5.74) is 0.663. The van der Waals surface area contributed by atoms with Crippen LogP contribution in [0.3, 0.4) is 0 Å². The largest absolute Gasteiger partial charge is 0.507 e. The van der Waals surface area contributed by atoms with Crippen LogP contribution in [-0.4, -0.2) is 37.7 Å². The number of nitrogens with one attached hydrogen (secondary N) is 3. The van der Waals surface area contributed by atoms with Gasteiger partial charge in [0.15, 0.2) is 5.75 Å². The summed E-state index contributed by atoms with van der Waals surface area (Å²) in [7, 11) is 0. The third kappa shape index (κ3) is 6.98. The van der Waals surface area contributed by atoms with Crippen LogP contribution in [0.2, 0.25) is 10.0 Å². The molecule has 2 aromatic carbocycles. The lowest BCUT2D eigenvalue weighted by atomic mass is 10.0. The van der Waals surface area contributed by atoms with E-state index in [0.29, 0.717) is 11.4 Å². The number of nitrogens with zero attached hydrogens (tertiary/aromatic N) is 3. The number of aromatic amines is 1. The Hall–Kier alpha value is -3.04. The van der Waals surface area contributed by atoms with Crippen molar-refractivity contribution < 1.29 is 14.6 Å². The van der Waals surface area contributed by atoms with Gasteiger partial charge in [0, 0.05) is 11.7 Å². The standard InChI is InChI=1S/C23H28Cl2N6O3/c1-3-5-6-8-14(7-4-2)26-22(33)17-13-16(9-10-20(17)32)34-21-18(24)11-15(12-19(21)25)27-23-28-30-31-29-23/h9-14,32H,3-8H2,1-2H3,(H,26,33)(H2,27,28,29,30,31). The number of halogens is 2. The maximum atomic E-state index is 12.9. The molecule has 1 aromatic heterocycles. The van der Waals surface area contributed by atoms with Crippen molar-refractivity contribution in [3.05, 3.63) is 45.9 Å². The Morgan fingerprint density at radius 2 is 1.88 bits per heavy atom. The van der Waals surface area contributed by atoms with E-state index in [0.717, 1.165) is 38.5 Å². The molecule has 0 aliphatic heterocycles. The molecular formula is C23H28Cl2N6O3. The van der Waals surface area contributed by atoms with E-state index in [1.165, 1.54) is 18.2 Å². The van der Waals surface area contributed by atoms with Crippen molar-refractivity contribution in [1.29, 1.82) is 0 Å². The van der Waals surface area contributed by atoms with E-state index in [1.807, 2.05) is 0 Å². The molecule has 1 unspecified atom stereocenters. The zero-order chi connectivity index (χ0) is 24.5. The molecule has 0 aliphatic rings. The first-order valence-electron chi connectivity index (χ1n) is 11.2. The number of phenols is 1. The molecule has 1 heterocycles. The number of phenolic OH excluding ortho intramolecular Hbond substituents is 1. The zero-order valence-electron chi connectivity index (χ0n) is 19.1. The molecule has 0 aliphatic carbocycles. The van der Waals surface area contributed by atoms with Crippen molar-refractivity contribution in [1.82, 2.24) is 25.9 Å². The summed E-state index contributed by atoms with van der Waals surface area (Å²) in [6.45, 7) is 4.23. The summed E-state index contributed by atoms with van der Waals surface area (Å²) in [6, 6.07) is 7.66.